The molecule has 0 aromatic heterocycles. The van der Waals surface area contributed by atoms with E-state index in [4.69, 9.17) is 0 Å². The van der Waals surface area contributed by atoms with E-state index in [9.17, 15) is 4.39 Å². The molecule has 1 fully saturated rings. The maximum atomic E-state index is 13.7. The number of anilines is 1. The molecule has 14 heavy (non-hydrogen) atoms. The molecule has 1 saturated carbocycles. The molecule has 1 aromatic carbocycles. The molecule has 0 unspecified atom stereocenters. The lowest BCUT2D eigenvalue weighted by Gasteiger charge is -2.10. The van der Waals surface area contributed by atoms with Crippen LogP contribution in [0.2, 0.25) is 0 Å². The molecule has 0 saturated heterocycles. The zero-order valence-corrected chi connectivity index (χ0v) is 8.15. The first kappa shape index (κ1) is 8.24. The van der Waals surface area contributed by atoms with Crippen LogP contribution in [-0.2, 0) is 6.54 Å². The van der Waals surface area contributed by atoms with Crippen molar-refractivity contribution >= 4 is 5.69 Å². The average Bonchev–Trinajstić information content (AvgIpc) is 2.84. The van der Waals surface area contributed by atoms with Crippen LogP contribution in [0.1, 0.15) is 35.4 Å². The fourth-order valence-electron chi connectivity index (χ4n) is 2.28. The molecule has 1 aliphatic carbocycles. The number of fused-ring (bicyclic) bond motifs is 1. The highest BCUT2D eigenvalue weighted by Crippen LogP contribution is 2.45. The first-order valence-corrected chi connectivity index (χ1v) is 5.08. The van der Waals surface area contributed by atoms with Gasteiger partial charge in [0, 0.05) is 6.54 Å². The standard InChI is InChI=1S/C11H13FN2/c1-6-8-5-13-14-10(8)4-9(12)11(6)7-2-3-7/h4,7,13-14H,2-3,5H2,1H3. The van der Waals surface area contributed by atoms with Crippen molar-refractivity contribution in [3.8, 4) is 0 Å². The summed E-state index contributed by atoms with van der Waals surface area (Å²) in [6.07, 6.45) is 2.30. The molecule has 0 radical (unpaired) electrons. The van der Waals surface area contributed by atoms with Gasteiger partial charge < -0.3 is 5.43 Å². The van der Waals surface area contributed by atoms with E-state index in [1.54, 1.807) is 6.07 Å². The van der Waals surface area contributed by atoms with Gasteiger partial charge in [0.2, 0.25) is 0 Å². The summed E-state index contributed by atoms with van der Waals surface area (Å²) in [5, 5.41) is 0. The third kappa shape index (κ3) is 1.05. The molecule has 1 aliphatic heterocycles. The predicted molar refractivity (Wildman–Crippen MR) is 53.6 cm³/mol. The third-order valence-electron chi connectivity index (χ3n) is 3.18. The van der Waals surface area contributed by atoms with Crippen molar-refractivity contribution in [2.75, 3.05) is 5.43 Å². The van der Waals surface area contributed by atoms with Gasteiger partial charge in [0.05, 0.1) is 5.69 Å². The van der Waals surface area contributed by atoms with Crippen molar-refractivity contribution in [3.05, 3.63) is 28.6 Å². The lowest BCUT2D eigenvalue weighted by molar-refractivity contribution is 0.609. The summed E-state index contributed by atoms with van der Waals surface area (Å²) in [4.78, 5) is 0. The summed E-state index contributed by atoms with van der Waals surface area (Å²) in [5.74, 6) is 0.445. The van der Waals surface area contributed by atoms with E-state index >= 15 is 0 Å². The topological polar surface area (TPSA) is 24.1 Å². The average molecular weight is 192 g/mol. The number of nitrogens with one attached hydrogen (secondary N) is 2. The Kier molecular flexibility index (Phi) is 1.59. The predicted octanol–water partition coefficient (Wildman–Crippen LogP) is 2.44. The Bertz CT molecular complexity index is 397. The minimum atomic E-state index is -0.0417. The van der Waals surface area contributed by atoms with Gasteiger partial charge in [-0.2, -0.15) is 0 Å². The molecular formula is C11H13FN2. The highest BCUT2D eigenvalue weighted by Gasteiger charge is 2.30. The number of hydrogen-bond acceptors (Lipinski definition) is 2. The van der Waals surface area contributed by atoms with Crippen molar-refractivity contribution in [3.63, 3.8) is 0 Å². The summed E-state index contributed by atoms with van der Waals surface area (Å²) in [6.45, 7) is 2.84. The molecule has 3 heteroatoms. The van der Waals surface area contributed by atoms with Gasteiger partial charge in [-0.05, 0) is 48.4 Å². The second-order valence-electron chi connectivity index (χ2n) is 4.18. The van der Waals surface area contributed by atoms with Crippen LogP contribution in [0, 0.1) is 12.7 Å². The van der Waals surface area contributed by atoms with Gasteiger partial charge in [-0.1, -0.05) is 0 Å². The number of benzene rings is 1. The Labute approximate surface area is 82.5 Å². The lowest BCUT2D eigenvalue weighted by Crippen LogP contribution is -2.10. The van der Waals surface area contributed by atoms with Crippen LogP contribution in [0.4, 0.5) is 10.1 Å². The summed E-state index contributed by atoms with van der Waals surface area (Å²) in [5.41, 5.74) is 10.2. The van der Waals surface area contributed by atoms with E-state index in [1.165, 1.54) is 5.56 Å². The number of hydrazine groups is 1. The monoisotopic (exact) mass is 192 g/mol. The summed E-state index contributed by atoms with van der Waals surface area (Å²) in [6, 6.07) is 1.62. The Balaban J connectivity index is 2.20. The van der Waals surface area contributed by atoms with Gasteiger partial charge in [0.1, 0.15) is 5.82 Å². The minimum Gasteiger partial charge on any atom is -0.321 e. The van der Waals surface area contributed by atoms with Gasteiger partial charge in [0.25, 0.3) is 0 Å². The Morgan fingerprint density at radius 2 is 2.21 bits per heavy atom. The van der Waals surface area contributed by atoms with Crippen LogP contribution in [0.5, 0.6) is 0 Å². The van der Waals surface area contributed by atoms with Gasteiger partial charge in [0.15, 0.2) is 0 Å². The van der Waals surface area contributed by atoms with Crippen LogP contribution < -0.4 is 10.9 Å². The third-order valence-corrected chi connectivity index (χ3v) is 3.18. The molecule has 0 atom stereocenters. The van der Waals surface area contributed by atoms with Crippen molar-refractivity contribution in [2.45, 2.75) is 32.2 Å². The zero-order valence-electron chi connectivity index (χ0n) is 8.15. The van der Waals surface area contributed by atoms with Crippen LogP contribution in [-0.4, -0.2) is 0 Å². The zero-order chi connectivity index (χ0) is 9.71. The molecule has 0 bridgehead atoms. The lowest BCUT2D eigenvalue weighted by atomic mass is 9.97. The van der Waals surface area contributed by atoms with Crippen molar-refractivity contribution in [1.82, 2.24) is 5.43 Å². The first-order valence-electron chi connectivity index (χ1n) is 5.08. The van der Waals surface area contributed by atoms with Gasteiger partial charge in [-0.3, -0.25) is 0 Å². The quantitative estimate of drug-likeness (QED) is 0.714. The summed E-state index contributed by atoms with van der Waals surface area (Å²) < 4.78 is 13.7. The molecule has 0 spiro atoms. The minimum absolute atomic E-state index is 0.0417. The van der Waals surface area contributed by atoms with Crippen molar-refractivity contribution in [1.29, 1.82) is 0 Å². The molecule has 2 aliphatic rings. The summed E-state index contributed by atoms with van der Waals surface area (Å²) >= 11 is 0. The molecule has 1 aromatic rings. The van der Waals surface area contributed by atoms with E-state index in [0.717, 1.165) is 36.2 Å². The molecule has 1 heterocycles. The molecule has 2 nitrogen and oxygen atoms in total. The summed E-state index contributed by atoms with van der Waals surface area (Å²) in [7, 11) is 0. The highest BCUT2D eigenvalue weighted by molar-refractivity contribution is 5.60. The molecule has 3 rings (SSSR count). The smallest absolute Gasteiger partial charge is 0.129 e. The van der Waals surface area contributed by atoms with Crippen molar-refractivity contribution < 1.29 is 4.39 Å². The highest BCUT2D eigenvalue weighted by atomic mass is 19.1. The van der Waals surface area contributed by atoms with Crippen LogP contribution in [0.15, 0.2) is 6.07 Å². The second kappa shape index (κ2) is 2.70. The fraction of sp³-hybridized carbons (Fsp3) is 0.455. The van der Waals surface area contributed by atoms with E-state index in [0.29, 0.717) is 5.92 Å². The normalized spacial score (nSPS) is 19.3. The SMILES string of the molecule is Cc1c2c(cc(F)c1C1CC1)NNC2. The van der Waals surface area contributed by atoms with Crippen LogP contribution in [0.3, 0.4) is 0 Å². The Morgan fingerprint density at radius 3 is 2.93 bits per heavy atom. The van der Waals surface area contributed by atoms with Gasteiger partial charge in [-0.15, -0.1) is 0 Å². The van der Waals surface area contributed by atoms with E-state index in [-0.39, 0.29) is 5.82 Å². The van der Waals surface area contributed by atoms with Crippen molar-refractivity contribution in [2.24, 2.45) is 0 Å². The maximum Gasteiger partial charge on any atom is 0.129 e. The molecule has 2 N–H and O–H groups in total. The maximum absolute atomic E-state index is 13.7. The number of halogens is 1. The Morgan fingerprint density at radius 1 is 1.43 bits per heavy atom. The molecule has 74 valence electrons. The van der Waals surface area contributed by atoms with Crippen LogP contribution >= 0.6 is 0 Å². The van der Waals surface area contributed by atoms with E-state index < -0.39 is 0 Å². The van der Waals surface area contributed by atoms with E-state index in [1.807, 2.05) is 6.92 Å². The molecule has 0 amide bonds. The Hall–Kier alpha value is -1.09. The second-order valence-corrected chi connectivity index (χ2v) is 4.18. The fourth-order valence-corrected chi connectivity index (χ4v) is 2.28. The first-order chi connectivity index (χ1) is 6.77. The molecular weight excluding hydrogens is 179 g/mol. The van der Waals surface area contributed by atoms with E-state index in [2.05, 4.69) is 10.9 Å². The largest absolute Gasteiger partial charge is 0.321 e. The van der Waals surface area contributed by atoms with Crippen LogP contribution in [0.25, 0.3) is 0 Å². The van der Waals surface area contributed by atoms with Gasteiger partial charge in [-0.25, -0.2) is 9.82 Å². The number of rotatable bonds is 1. The van der Waals surface area contributed by atoms with Gasteiger partial charge >= 0.3 is 0 Å². The number of hydrogen-bond donors (Lipinski definition) is 2.